The van der Waals surface area contributed by atoms with E-state index < -0.39 is 22.8 Å². The molecule has 7 heteroatoms. The fourth-order valence-electron chi connectivity index (χ4n) is 5.05. The Balaban J connectivity index is 1.68. The van der Waals surface area contributed by atoms with Gasteiger partial charge in [0.15, 0.2) is 0 Å². The number of carbonyl (C=O) groups is 2. The molecule has 1 aliphatic heterocycles. The van der Waals surface area contributed by atoms with Crippen molar-refractivity contribution < 1.29 is 19.4 Å². The number of rotatable bonds is 5. The summed E-state index contributed by atoms with van der Waals surface area (Å²) in [6, 6.07) is 7.14. The van der Waals surface area contributed by atoms with Crippen LogP contribution in [0.5, 0.6) is 0 Å². The Kier molecular flexibility index (Phi) is 7.28. The monoisotopic (exact) mass is 455 g/mol. The number of primary amides is 1. The lowest BCUT2D eigenvalue weighted by Crippen LogP contribution is -2.51. The van der Waals surface area contributed by atoms with Crippen molar-refractivity contribution >= 4 is 12.1 Å². The Bertz CT molecular complexity index is 920. The van der Waals surface area contributed by atoms with E-state index in [9.17, 15) is 14.7 Å². The Morgan fingerprint density at radius 1 is 1.24 bits per heavy atom. The molecule has 0 aromatic heterocycles. The maximum Gasteiger partial charge on any atom is 0.410 e. The van der Waals surface area contributed by atoms with Crippen molar-refractivity contribution in [3.63, 3.8) is 0 Å². The summed E-state index contributed by atoms with van der Waals surface area (Å²) in [5.74, 6) is 6.46. The van der Waals surface area contributed by atoms with Crippen molar-refractivity contribution in [2.45, 2.75) is 95.4 Å². The Morgan fingerprint density at radius 3 is 2.42 bits per heavy atom. The topological polar surface area (TPSA) is 105 Å². The molecule has 1 aromatic rings. The molecule has 1 heterocycles. The smallest absolute Gasteiger partial charge is 0.410 e. The van der Waals surface area contributed by atoms with E-state index in [-0.39, 0.29) is 12.1 Å². The maximum absolute atomic E-state index is 12.7. The van der Waals surface area contributed by atoms with Crippen molar-refractivity contribution in [3.05, 3.63) is 35.4 Å². The fourth-order valence-corrected chi connectivity index (χ4v) is 5.05. The van der Waals surface area contributed by atoms with Crippen LogP contribution in [0.1, 0.15) is 89.8 Å². The highest BCUT2D eigenvalue weighted by atomic mass is 16.6. The number of carbonyl (C=O) groups excluding carboxylic acids is 2. The first kappa shape index (κ1) is 24.9. The summed E-state index contributed by atoms with van der Waals surface area (Å²) in [5.41, 5.74) is 5.11. The number of benzene rings is 1. The number of amides is 3. The molecule has 1 saturated carbocycles. The van der Waals surface area contributed by atoms with Crippen LogP contribution in [-0.4, -0.2) is 45.4 Å². The van der Waals surface area contributed by atoms with Crippen LogP contribution in [0, 0.1) is 11.8 Å². The van der Waals surface area contributed by atoms with Gasteiger partial charge in [0.1, 0.15) is 11.1 Å². The molecule has 1 saturated heterocycles. The third-order valence-electron chi connectivity index (χ3n) is 6.63. The minimum Gasteiger partial charge on any atom is -0.443 e. The van der Waals surface area contributed by atoms with E-state index in [1.54, 1.807) is 18.7 Å². The third kappa shape index (κ3) is 6.64. The fraction of sp³-hybridized carbons (Fsp3) is 0.615. The largest absolute Gasteiger partial charge is 0.443 e. The Labute approximate surface area is 197 Å². The second-order valence-corrected chi connectivity index (χ2v) is 10.4. The predicted molar refractivity (Wildman–Crippen MR) is 127 cm³/mol. The van der Waals surface area contributed by atoms with Crippen molar-refractivity contribution in [1.82, 2.24) is 10.2 Å². The van der Waals surface area contributed by atoms with Gasteiger partial charge in [-0.15, -0.1) is 0 Å². The Morgan fingerprint density at radius 2 is 1.88 bits per heavy atom. The van der Waals surface area contributed by atoms with E-state index in [1.807, 2.05) is 38.1 Å². The highest BCUT2D eigenvalue weighted by Gasteiger charge is 2.41. The van der Waals surface area contributed by atoms with E-state index in [2.05, 4.69) is 17.2 Å². The average molecular weight is 456 g/mol. The SMILES string of the molecule is CC(c1ccc(C#CC2(NC(N)=O)CCCCC2)cc1)N1CCC(C)(CC(C)(C)O)OC1=O. The van der Waals surface area contributed by atoms with Gasteiger partial charge in [-0.2, -0.15) is 0 Å². The van der Waals surface area contributed by atoms with Crippen LogP contribution in [0.4, 0.5) is 9.59 Å². The molecule has 3 rings (SSSR count). The molecule has 7 nitrogen and oxygen atoms in total. The van der Waals surface area contributed by atoms with Crippen LogP contribution in [0.2, 0.25) is 0 Å². The van der Waals surface area contributed by atoms with Gasteiger partial charge in [-0.3, -0.25) is 0 Å². The number of urea groups is 1. The van der Waals surface area contributed by atoms with Gasteiger partial charge < -0.3 is 25.8 Å². The molecule has 180 valence electrons. The summed E-state index contributed by atoms with van der Waals surface area (Å²) in [4.78, 5) is 25.9. The number of nitrogens with one attached hydrogen (secondary N) is 1. The zero-order valence-corrected chi connectivity index (χ0v) is 20.2. The van der Waals surface area contributed by atoms with Crippen LogP contribution in [-0.2, 0) is 4.74 Å². The van der Waals surface area contributed by atoms with Gasteiger partial charge in [-0.25, -0.2) is 9.59 Å². The Hall–Kier alpha value is -2.72. The number of ether oxygens (including phenoxy) is 1. The molecular weight excluding hydrogens is 418 g/mol. The first-order valence-corrected chi connectivity index (χ1v) is 11.8. The highest BCUT2D eigenvalue weighted by molar-refractivity contribution is 5.73. The first-order valence-electron chi connectivity index (χ1n) is 11.8. The van der Waals surface area contributed by atoms with Crippen molar-refractivity contribution in [2.24, 2.45) is 5.73 Å². The molecule has 2 unspecified atom stereocenters. The molecule has 2 aliphatic rings. The van der Waals surface area contributed by atoms with Gasteiger partial charge in [-0.1, -0.05) is 43.2 Å². The zero-order chi connectivity index (χ0) is 24.3. The molecule has 4 N–H and O–H groups in total. The molecular formula is C26H37N3O4. The van der Waals surface area contributed by atoms with E-state index >= 15 is 0 Å². The highest BCUT2D eigenvalue weighted by Crippen LogP contribution is 2.34. The normalized spacial score (nSPS) is 23.7. The van der Waals surface area contributed by atoms with Gasteiger partial charge in [-0.05, 0) is 58.2 Å². The predicted octanol–water partition coefficient (Wildman–Crippen LogP) is 4.23. The number of aliphatic hydroxyl groups is 1. The molecule has 0 spiro atoms. The van der Waals surface area contributed by atoms with Crippen LogP contribution >= 0.6 is 0 Å². The van der Waals surface area contributed by atoms with E-state index in [0.29, 0.717) is 19.4 Å². The third-order valence-corrected chi connectivity index (χ3v) is 6.63. The van der Waals surface area contributed by atoms with E-state index in [0.717, 1.165) is 43.2 Å². The van der Waals surface area contributed by atoms with Crippen LogP contribution in [0.15, 0.2) is 24.3 Å². The van der Waals surface area contributed by atoms with Crippen molar-refractivity contribution in [3.8, 4) is 11.8 Å². The van der Waals surface area contributed by atoms with Crippen LogP contribution < -0.4 is 11.1 Å². The average Bonchev–Trinajstić information content (AvgIpc) is 2.71. The van der Waals surface area contributed by atoms with Gasteiger partial charge in [0.05, 0.1) is 11.6 Å². The summed E-state index contributed by atoms with van der Waals surface area (Å²) < 4.78 is 5.74. The van der Waals surface area contributed by atoms with Crippen molar-refractivity contribution in [1.29, 1.82) is 0 Å². The number of nitrogens with two attached hydrogens (primary N) is 1. The second kappa shape index (κ2) is 9.64. The number of nitrogens with zero attached hydrogens (tertiary/aromatic N) is 1. The lowest BCUT2D eigenvalue weighted by molar-refractivity contribution is -0.0859. The summed E-state index contributed by atoms with van der Waals surface area (Å²) in [7, 11) is 0. The molecule has 1 aliphatic carbocycles. The summed E-state index contributed by atoms with van der Waals surface area (Å²) in [6.45, 7) is 7.88. The molecule has 33 heavy (non-hydrogen) atoms. The minimum absolute atomic E-state index is 0.146. The van der Waals surface area contributed by atoms with Crippen LogP contribution in [0.25, 0.3) is 0 Å². The minimum atomic E-state index is -0.900. The van der Waals surface area contributed by atoms with Gasteiger partial charge in [0.25, 0.3) is 0 Å². The number of hydrogen-bond acceptors (Lipinski definition) is 4. The molecule has 0 bridgehead atoms. The van der Waals surface area contributed by atoms with Gasteiger partial charge >= 0.3 is 12.1 Å². The first-order chi connectivity index (χ1) is 15.4. The summed E-state index contributed by atoms with van der Waals surface area (Å²) >= 11 is 0. The lowest BCUT2D eigenvalue weighted by Gasteiger charge is -2.43. The second-order valence-electron chi connectivity index (χ2n) is 10.4. The lowest BCUT2D eigenvalue weighted by atomic mass is 9.82. The molecule has 2 atom stereocenters. The standard InChI is InChI=1S/C26H37N3O4/c1-19(29-17-16-25(4,33-23(29)31)18-24(2,3)32)21-10-8-20(9-11-21)12-15-26(28-22(27)30)13-6-5-7-14-26/h8-11,19,32H,5-7,13-14,16-18H2,1-4H3,(H3,27,28,30). The van der Waals surface area contributed by atoms with E-state index in [4.69, 9.17) is 10.5 Å². The zero-order valence-electron chi connectivity index (χ0n) is 20.2. The maximum atomic E-state index is 12.7. The van der Waals surface area contributed by atoms with E-state index in [1.165, 1.54) is 0 Å². The number of hydrogen-bond donors (Lipinski definition) is 3. The molecule has 1 aromatic carbocycles. The molecule has 0 radical (unpaired) electrons. The van der Waals surface area contributed by atoms with Crippen LogP contribution in [0.3, 0.4) is 0 Å². The molecule has 3 amide bonds. The molecule has 2 fully saturated rings. The van der Waals surface area contributed by atoms with Gasteiger partial charge in [0, 0.05) is 24.9 Å². The number of cyclic esters (lactones) is 1. The summed E-state index contributed by atoms with van der Waals surface area (Å²) in [6.07, 6.45) is 5.49. The van der Waals surface area contributed by atoms with Crippen molar-refractivity contribution in [2.75, 3.05) is 6.54 Å². The summed E-state index contributed by atoms with van der Waals surface area (Å²) in [5, 5.41) is 13.0. The van der Waals surface area contributed by atoms with Gasteiger partial charge in [0.2, 0.25) is 0 Å². The quantitative estimate of drug-likeness (QED) is 0.578.